The van der Waals surface area contributed by atoms with Gasteiger partial charge in [0.25, 0.3) is 5.91 Å². The first-order valence-electron chi connectivity index (χ1n) is 4.85. The number of alkyl halides is 1. The zero-order chi connectivity index (χ0) is 11.4. The summed E-state index contributed by atoms with van der Waals surface area (Å²) in [7, 11) is 0. The lowest BCUT2D eigenvalue weighted by atomic mass is 10.2. The minimum atomic E-state index is 0.0330. The Kier molecular flexibility index (Phi) is 4.54. The summed E-state index contributed by atoms with van der Waals surface area (Å²) < 4.78 is 0. The van der Waals surface area contributed by atoms with Crippen molar-refractivity contribution >= 4 is 28.8 Å². The molecule has 15 heavy (non-hydrogen) atoms. The molecule has 0 spiro atoms. The fraction of sp³-hybridized carbons (Fsp3) is 0.600. The van der Waals surface area contributed by atoms with Gasteiger partial charge < -0.3 is 4.90 Å². The minimum Gasteiger partial charge on any atom is -0.334 e. The highest BCUT2D eigenvalue weighted by Gasteiger charge is 2.21. The molecule has 0 atom stereocenters. The highest BCUT2D eigenvalue weighted by molar-refractivity contribution is 7.11. The fourth-order valence-electron chi connectivity index (χ4n) is 1.32. The molecule has 1 rings (SSSR count). The van der Waals surface area contributed by atoms with Crippen LogP contribution in [0.15, 0.2) is 5.51 Å². The Morgan fingerprint density at radius 3 is 2.73 bits per heavy atom. The van der Waals surface area contributed by atoms with Gasteiger partial charge in [0.15, 0.2) is 0 Å². The maximum atomic E-state index is 12.1. The van der Waals surface area contributed by atoms with E-state index in [1.807, 2.05) is 20.8 Å². The van der Waals surface area contributed by atoms with Crippen LogP contribution in [0.2, 0.25) is 0 Å². The SMILES string of the molecule is Cc1ncsc1C(=O)N(CCCl)C(C)C. The monoisotopic (exact) mass is 246 g/mol. The first-order valence-corrected chi connectivity index (χ1v) is 6.26. The third-order valence-electron chi connectivity index (χ3n) is 2.15. The van der Waals surface area contributed by atoms with E-state index in [9.17, 15) is 4.79 Å². The van der Waals surface area contributed by atoms with Crippen molar-refractivity contribution in [2.45, 2.75) is 26.8 Å². The number of nitrogens with zero attached hydrogens (tertiary/aromatic N) is 2. The second-order valence-electron chi connectivity index (χ2n) is 3.55. The number of rotatable bonds is 4. The molecule has 0 aliphatic rings. The first kappa shape index (κ1) is 12.5. The van der Waals surface area contributed by atoms with E-state index in [2.05, 4.69) is 4.98 Å². The van der Waals surface area contributed by atoms with Gasteiger partial charge in [-0.2, -0.15) is 0 Å². The topological polar surface area (TPSA) is 33.2 Å². The van der Waals surface area contributed by atoms with E-state index < -0.39 is 0 Å². The number of thiazole rings is 1. The number of aryl methyl sites for hydroxylation is 1. The Morgan fingerprint density at radius 2 is 2.33 bits per heavy atom. The van der Waals surface area contributed by atoms with Gasteiger partial charge in [0.05, 0.1) is 11.2 Å². The molecule has 0 fully saturated rings. The van der Waals surface area contributed by atoms with Gasteiger partial charge in [-0.15, -0.1) is 22.9 Å². The van der Waals surface area contributed by atoms with Crippen molar-refractivity contribution in [3.05, 3.63) is 16.1 Å². The molecule has 3 nitrogen and oxygen atoms in total. The van der Waals surface area contributed by atoms with Crippen LogP contribution in [0, 0.1) is 6.92 Å². The van der Waals surface area contributed by atoms with E-state index in [-0.39, 0.29) is 11.9 Å². The average Bonchev–Trinajstić information content (AvgIpc) is 2.59. The fourth-order valence-corrected chi connectivity index (χ4v) is 2.26. The van der Waals surface area contributed by atoms with Gasteiger partial charge in [-0.05, 0) is 20.8 Å². The molecule has 0 saturated heterocycles. The van der Waals surface area contributed by atoms with Gasteiger partial charge >= 0.3 is 0 Å². The maximum Gasteiger partial charge on any atom is 0.266 e. The lowest BCUT2D eigenvalue weighted by Gasteiger charge is -2.25. The van der Waals surface area contributed by atoms with Crippen LogP contribution in [0.25, 0.3) is 0 Å². The predicted octanol–water partition coefficient (Wildman–Crippen LogP) is 2.54. The normalized spacial score (nSPS) is 10.7. The first-order chi connectivity index (χ1) is 7.07. The van der Waals surface area contributed by atoms with Crippen LogP contribution < -0.4 is 0 Å². The molecule has 0 saturated carbocycles. The summed E-state index contributed by atoms with van der Waals surface area (Å²) in [6.07, 6.45) is 0. The van der Waals surface area contributed by atoms with Crippen molar-refractivity contribution in [1.82, 2.24) is 9.88 Å². The van der Waals surface area contributed by atoms with E-state index in [1.54, 1.807) is 10.4 Å². The molecule has 84 valence electrons. The van der Waals surface area contributed by atoms with Crippen LogP contribution in [0.1, 0.15) is 29.2 Å². The smallest absolute Gasteiger partial charge is 0.266 e. The molecule has 0 aliphatic heterocycles. The molecule has 5 heteroatoms. The summed E-state index contributed by atoms with van der Waals surface area (Å²) in [5, 5.41) is 0. The summed E-state index contributed by atoms with van der Waals surface area (Å²) >= 11 is 7.06. The van der Waals surface area contributed by atoms with Crippen LogP contribution in [0.3, 0.4) is 0 Å². The Morgan fingerprint density at radius 1 is 1.67 bits per heavy atom. The number of hydrogen-bond donors (Lipinski definition) is 0. The van der Waals surface area contributed by atoms with Crippen LogP contribution in [0.5, 0.6) is 0 Å². The van der Waals surface area contributed by atoms with E-state index >= 15 is 0 Å². The van der Waals surface area contributed by atoms with Gasteiger partial charge in [-0.1, -0.05) is 0 Å². The Bertz CT molecular complexity index is 338. The molecule has 0 aromatic carbocycles. The number of aromatic nitrogens is 1. The van der Waals surface area contributed by atoms with Crippen molar-refractivity contribution in [2.75, 3.05) is 12.4 Å². The second kappa shape index (κ2) is 5.47. The quantitative estimate of drug-likeness (QED) is 0.765. The number of amides is 1. The summed E-state index contributed by atoms with van der Waals surface area (Å²) in [4.78, 5) is 18.7. The molecule has 0 radical (unpaired) electrons. The summed E-state index contributed by atoms with van der Waals surface area (Å²) in [6.45, 7) is 6.40. The van der Waals surface area contributed by atoms with E-state index in [0.717, 1.165) is 5.69 Å². The summed E-state index contributed by atoms with van der Waals surface area (Å²) in [6, 6.07) is 0.165. The number of carbonyl (C=O) groups is 1. The Balaban J connectivity index is 2.86. The molecule has 1 heterocycles. The maximum absolute atomic E-state index is 12.1. The van der Waals surface area contributed by atoms with Gasteiger partial charge in [-0.3, -0.25) is 4.79 Å². The molecular formula is C10H15ClN2OS. The zero-order valence-electron chi connectivity index (χ0n) is 9.16. The lowest BCUT2D eigenvalue weighted by Crippen LogP contribution is -2.38. The largest absolute Gasteiger partial charge is 0.334 e. The average molecular weight is 247 g/mol. The Hall–Kier alpha value is -0.610. The number of carbonyl (C=O) groups excluding carboxylic acids is 1. The number of hydrogen-bond acceptors (Lipinski definition) is 3. The van der Waals surface area contributed by atoms with Crippen molar-refractivity contribution < 1.29 is 4.79 Å². The summed E-state index contributed by atoms with van der Waals surface area (Å²) in [5.74, 6) is 0.493. The molecule has 1 amide bonds. The van der Waals surface area contributed by atoms with Gasteiger partial charge in [0, 0.05) is 18.5 Å². The molecule has 0 N–H and O–H groups in total. The van der Waals surface area contributed by atoms with Crippen LogP contribution >= 0.6 is 22.9 Å². The van der Waals surface area contributed by atoms with Crippen molar-refractivity contribution in [1.29, 1.82) is 0 Å². The van der Waals surface area contributed by atoms with Crippen molar-refractivity contribution in [3.63, 3.8) is 0 Å². The third kappa shape index (κ3) is 2.92. The van der Waals surface area contributed by atoms with Crippen molar-refractivity contribution in [2.24, 2.45) is 0 Å². The second-order valence-corrected chi connectivity index (χ2v) is 4.78. The van der Waals surface area contributed by atoms with Gasteiger partial charge in [0.2, 0.25) is 0 Å². The molecule has 0 bridgehead atoms. The highest BCUT2D eigenvalue weighted by atomic mass is 35.5. The molecule has 0 aliphatic carbocycles. The van der Waals surface area contributed by atoms with E-state index in [0.29, 0.717) is 17.3 Å². The predicted molar refractivity (Wildman–Crippen MR) is 63.7 cm³/mol. The van der Waals surface area contributed by atoms with Gasteiger partial charge in [-0.25, -0.2) is 4.98 Å². The number of halogens is 1. The molecule has 1 aromatic rings. The van der Waals surface area contributed by atoms with Crippen LogP contribution in [0.4, 0.5) is 0 Å². The van der Waals surface area contributed by atoms with Gasteiger partial charge in [0.1, 0.15) is 4.88 Å². The standard InChI is InChI=1S/C10H15ClN2OS/c1-7(2)13(5-4-11)10(14)9-8(3)12-6-15-9/h6-7H,4-5H2,1-3H3. The molecule has 0 unspecified atom stereocenters. The van der Waals surface area contributed by atoms with Crippen LogP contribution in [-0.2, 0) is 0 Å². The van der Waals surface area contributed by atoms with E-state index in [1.165, 1.54) is 11.3 Å². The zero-order valence-corrected chi connectivity index (χ0v) is 10.7. The Labute approximate surface area is 99.1 Å². The van der Waals surface area contributed by atoms with Crippen LogP contribution in [-0.4, -0.2) is 34.3 Å². The summed E-state index contributed by atoms with van der Waals surface area (Å²) in [5.41, 5.74) is 2.49. The molecule has 1 aromatic heterocycles. The third-order valence-corrected chi connectivity index (χ3v) is 3.23. The minimum absolute atomic E-state index is 0.0330. The van der Waals surface area contributed by atoms with Crippen molar-refractivity contribution in [3.8, 4) is 0 Å². The lowest BCUT2D eigenvalue weighted by molar-refractivity contribution is 0.0722. The highest BCUT2D eigenvalue weighted by Crippen LogP contribution is 2.16. The molecular weight excluding hydrogens is 232 g/mol. The van der Waals surface area contributed by atoms with E-state index in [4.69, 9.17) is 11.6 Å².